The van der Waals surface area contributed by atoms with E-state index in [9.17, 15) is 0 Å². The van der Waals surface area contributed by atoms with Gasteiger partial charge in [0.25, 0.3) is 0 Å². The molecule has 0 radical (unpaired) electrons. The van der Waals surface area contributed by atoms with E-state index in [1.165, 1.54) is 5.56 Å². The SMILES string of the molecule is CSc1cc(NCc2ccncc2)n2nccc2n1. The third-order valence-corrected chi connectivity index (χ3v) is 3.40. The van der Waals surface area contributed by atoms with Gasteiger partial charge in [0.15, 0.2) is 5.65 Å². The summed E-state index contributed by atoms with van der Waals surface area (Å²) in [5, 5.41) is 8.64. The summed E-state index contributed by atoms with van der Waals surface area (Å²) in [5.74, 6) is 0.941. The highest BCUT2D eigenvalue weighted by atomic mass is 32.2. The summed E-state index contributed by atoms with van der Waals surface area (Å²) in [5.41, 5.74) is 2.03. The highest BCUT2D eigenvalue weighted by Gasteiger charge is 2.05. The molecule has 5 nitrogen and oxygen atoms in total. The molecule has 96 valence electrons. The Morgan fingerprint density at radius 3 is 2.84 bits per heavy atom. The van der Waals surface area contributed by atoms with Crippen LogP contribution >= 0.6 is 11.8 Å². The summed E-state index contributed by atoms with van der Waals surface area (Å²) in [6, 6.07) is 7.89. The Morgan fingerprint density at radius 2 is 2.05 bits per heavy atom. The Labute approximate surface area is 115 Å². The van der Waals surface area contributed by atoms with Crippen LogP contribution < -0.4 is 5.32 Å². The van der Waals surface area contributed by atoms with Crippen LogP contribution in [0.3, 0.4) is 0 Å². The molecule has 0 unspecified atom stereocenters. The molecule has 3 aromatic rings. The lowest BCUT2D eigenvalue weighted by atomic mass is 10.3. The molecule has 3 rings (SSSR count). The van der Waals surface area contributed by atoms with Gasteiger partial charge in [0.1, 0.15) is 10.8 Å². The molecule has 3 heterocycles. The Hall–Kier alpha value is -2.08. The molecule has 19 heavy (non-hydrogen) atoms. The van der Waals surface area contributed by atoms with Crippen LogP contribution in [0.4, 0.5) is 5.82 Å². The van der Waals surface area contributed by atoms with Crippen molar-refractivity contribution >= 4 is 23.2 Å². The van der Waals surface area contributed by atoms with Crippen molar-refractivity contribution in [2.75, 3.05) is 11.6 Å². The Morgan fingerprint density at radius 1 is 1.21 bits per heavy atom. The maximum atomic E-state index is 4.48. The summed E-state index contributed by atoms with van der Waals surface area (Å²) < 4.78 is 1.81. The van der Waals surface area contributed by atoms with Crippen molar-refractivity contribution in [3.8, 4) is 0 Å². The summed E-state index contributed by atoms with van der Waals surface area (Å²) in [4.78, 5) is 8.49. The smallest absolute Gasteiger partial charge is 0.158 e. The van der Waals surface area contributed by atoms with E-state index in [4.69, 9.17) is 0 Å². The Balaban J connectivity index is 1.89. The molecular weight excluding hydrogens is 258 g/mol. The second-order valence-corrected chi connectivity index (χ2v) is 4.82. The molecule has 0 atom stereocenters. The van der Waals surface area contributed by atoms with Crippen LogP contribution in [0.15, 0.2) is 47.9 Å². The lowest BCUT2D eigenvalue weighted by molar-refractivity contribution is 0.904. The van der Waals surface area contributed by atoms with Gasteiger partial charge in [0, 0.05) is 31.1 Å². The van der Waals surface area contributed by atoms with Crippen LogP contribution in [0.5, 0.6) is 0 Å². The molecule has 0 bridgehead atoms. The van der Waals surface area contributed by atoms with Gasteiger partial charge in [0.05, 0.1) is 6.20 Å². The van der Waals surface area contributed by atoms with Crippen molar-refractivity contribution in [3.05, 3.63) is 48.4 Å². The van der Waals surface area contributed by atoms with E-state index in [0.717, 1.165) is 23.0 Å². The number of nitrogens with zero attached hydrogens (tertiary/aromatic N) is 4. The predicted octanol–water partition coefficient (Wildman–Crippen LogP) is 2.46. The molecule has 0 fully saturated rings. The van der Waals surface area contributed by atoms with Gasteiger partial charge in [-0.2, -0.15) is 9.61 Å². The number of hydrogen-bond donors (Lipinski definition) is 1. The molecule has 6 heteroatoms. The van der Waals surface area contributed by atoms with Crippen molar-refractivity contribution in [2.45, 2.75) is 11.6 Å². The molecular formula is C13H13N5S. The van der Waals surface area contributed by atoms with Gasteiger partial charge in [-0.15, -0.1) is 11.8 Å². The van der Waals surface area contributed by atoms with E-state index < -0.39 is 0 Å². The summed E-state index contributed by atoms with van der Waals surface area (Å²) in [6.07, 6.45) is 7.35. The van der Waals surface area contributed by atoms with E-state index in [-0.39, 0.29) is 0 Å². The first-order valence-corrected chi connectivity index (χ1v) is 7.11. The normalized spacial score (nSPS) is 10.8. The minimum Gasteiger partial charge on any atom is -0.366 e. The van der Waals surface area contributed by atoms with E-state index in [0.29, 0.717) is 0 Å². The predicted molar refractivity (Wildman–Crippen MR) is 76.3 cm³/mol. The monoisotopic (exact) mass is 271 g/mol. The molecule has 1 N–H and O–H groups in total. The van der Waals surface area contributed by atoms with Crippen molar-refractivity contribution in [2.24, 2.45) is 0 Å². The Kier molecular flexibility index (Phi) is 3.33. The molecule has 0 saturated carbocycles. The summed E-state index contributed by atoms with van der Waals surface area (Å²) >= 11 is 1.62. The third-order valence-electron chi connectivity index (χ3n) is 2.77. The van der Waals surface area contributed by atoms with Crippen molar-refractivity contribution < 1.29 is 0 Å². The molecule has 0 aliphatic carbocycles. The maximum Gasteiger partial charge on any atom is 0.158 e. The number of hydrogen-bond acceptors (Lipinski definition) is 5. The molecule has 3 aromatic heterocycles. The van der Waals surface area contributed by atoms with Crippen LogP contribution in [0.25, 0.3) is 5.65 Å². The van der Waals surface area contributed by atoms with Crippen LogP contribution in [0.1, 0.15) is 5.56 Å². The average Bonchev–Trinajstić information content (AvgIpc) is 2.94. The highest BCUT2D eigenvalue weighted by molar-refractivity contribution is 7.98. The first-order chi connectivity index (χ1) is 9.36. The fraction of sp³-hybridized carbons (Fsp3) is 0.154. The largest absolute Gasteiger partial charge is 0.366 e. The zero-order chi connectivity index (χ0) is 13.1. The van der Waals surface area contributed by atoms with Crippen LogP contribution in [0.2, 0.25) is 0 Å². The topological polar surface area (TPSA) is 55.1 Å². The van der Waals surface area contributed by atoms with Gasteiger partial charge in [-0.25, -0.2) is 4.98 Å². The fourth-order valence-corrected chi connectivity index (χ4v) is 2.23. The third kappa shape index (κ3) is 2.53. The first kappa shape index (κ1) is 12.0. The Bertz CT molecular complexity index is 680. The lowest BCUT2D eigenvalue weighted by Gasteiger charge is -2.09. The number of rotatable bonds is 4. The van der Waals surface area contributed by atoms with Crippen molar-refractivity contribution in [1.82, 2.24) is 19.6 Å². The second-order valence-electron chi connectivity index (χ2n) is 3.99. The van der Waals surface area contributed by atoms with Gasteiger partial charge < -0.3 is 5.32 Å². The van der Waals surface area contributed by atoms with Crippen LogP contribution in [-0.4, -0.2) is 25.8 Å². The van der Waals surface area contributed by atoms with Gasteiger partial charge in [-0.05, 0) is 24.0 Å². The van der Waals surface area contributed by atoms with Gasteiger partial charge in [-0.1, -0.05) is 0 Å². The number of pyridine rings is 1. The number of anilines is 1. The summed E-state index contributed by atoms with van der Waals surface area (Å²) in [7, 11) is 0. The van der Waals surface area contributed by atoms with Crippen LogP contribution in [0, 0.1) is 0 Å². The van der Waals surface area contributed by atoms with E-state index in [1.54, 1.807) is 34.9 Å². The zero-order valence-electron chi connectivity index (χ0n) is 10.4. The standard InChI is InChI=1S/C13H13N5S/c1-19-13-8-12(18-11(17-13)4-7-16-18)15-9-10-2-5-14-6-3-10/h2-8,15H,9H2,1H3. The molecule has 0 amide bonds. The van der Waals surface area contributed by atoms with Gasteiger partial charge >= 0.3 is 0 Å². The average molecular weight is 271 g/mol. The molecule has 0 spiro atoms. The quantitative estimate of drug-likeness (QED) is 0.583. The van der Waals surface area contributed by atoms with Gasteiger partial charge in [-0.3, -0.25) is 4.98 Å². The lowest BCUT2D eigenvalue weighted by Crippen LogP contribution is -2.06. The number of fused-ring (bicyclic) bond motifs is 1. The highest BCUT2D eigenvalue weighted by Crippen LogP contribution is 2.19. The fourth-order valence-electron chi connectivity index (χ4n) is 1.81. The zero-order valence-corrected chi connectivity index (χ0v) is 11.3. The van der Waals surface area contributed by atoms with E-state index in [2.05, 4.69) is 20.4 Å². The minimum atomic E-state index is 0.731. The second kappa shape index (κ2) is 5.27. The first-order valence-electron chi connectivity index (χ1n) is 5.88. The number of thioether (sulfide) groups is 1. The number of nitrogens with one attached hydrogen (secondary N) is 1. The molecule has 0 aromatic carbocycles. The minimum absolute atomic E-state index is 0.731. The number of aromatic nitrogens is 4. The summed E-state index contributed by atoms with van der Waals surface area (Å²) in [6.45, 7) is 0.731. The molecule has 0 aliphatic heterocycles. The van der Waals surface area contributed by atoms with E-state index in [1.807, 2.05) is 30.5 Å². The molecule has 0 saturated heterocycles. The molecule has 0 aliphatic rings. The van der Waals surface area contributed by atoms with Crippen molar-refractivity contribution in [1.29, 1.82) is 0 Å². The van der Waals surface area contributed by atoms with E-state index >= 15 is 0 Å². The van der Waals surface area contributed by atoms with Crippen LogP contribution in [-0.2, 0) is 6.54 Å². The maximum absolute atomic E-state index is 4.48. The van der Waals surface area contributed by atoms with Crippen molar-refractivity contribution in [3.63, 3.8) is 0 Å². The van der Waals surface area contributed by atoms with Gasteiger partial charge in [0.2, 0.25) is 0 Å².